The van der Waals surface area contributed by atoms with E-state index in [0.717, 1.165) is 11.3 Å². The first-order chi connectivity index (χ1) is 11.9. The van der Waals surface area contributed by atoms with Crippen molar-refractivity contribution in [1.29, 1.82) is 5.26 Å². The van der Waals surface area contributed by atoms with Gasteiger partial charge in [0.1, 0.15) is 0 Å². The molecule has 0 fully saturated rings. The van der Waals surface area contributed by atoms with Crippen LogP contribution in [0.25, 0.3) is 0 Å². The van der Waals surface area contributed by atoms with Crippen molar-refractivity contribution >= 4 is 17.3 Å². The maximum atomic E-state index is 12.4. The molecule has 5 heteroatoms. The van der Waals surface area contributed by atoms with Crippen LogP contribution in [0.4, 0.5) is 11.4 Å². The number of rotatable bonds is 6. The Labute approximate surface area is 149 Å². The average molecular weight is 336 g/mol. The van der Waals surface area contributed by atoms with Crippen LogP contribution in [0.15, 0.2) is 48.5 Å². The van der Waals surface area contributed by atoms with Crippen molar-refractivity contribution in [3.8, 4) is 6.07 Å². The lowest BCUT2D eigenvalue weighted by Gasteiger charge is -2.24. The molecule has 0 aliphatic heterocycles. The van der Waals surface area contributed by atoms with Crippen LogP contribution in [0.2, 0.25) is 0 Å². The van der Waals surface area contributed by atoms with Crippen LogP contribution >= 0.6 is 0 Å². The van der Waals surface area contributed by atoms with Gasteiger partial charge in [0.2, 0.25) is 5.91 Å². The highest BCUT2D eigenvalue weighted by Crippen LogP contribution is 2.15. The minimum absolute atomic E-state index is 0.0949. The molecule has 1 N–H and O–H groups in total. The lowest BCUT2D eigenvalue weighted by atomic mass is 10.1. The first-order valence-electron chi connectivity index (χ1n) is 8.18. The number of hydrogen-bond donors (Lipinski definition) is 1. The molecule has 0 aromatic heterocycles. The van der Waals surface area contributed by atoms with E-state index in [2.05, 4.69) is 40.6 Å². The molecule has 0 aliphatic carbocycles. The molecule has 0 unspecified atom stereocenters. The zero-order valence-electron chi connectivity index (χ0n) is 15.2. The number of carbonyl (C=O) groups is 1. The molecule has 0 heterocycles. The van der Waals surface area contributed by atoms with E-state index in [1.807, 2.05) is 33.0 Å². The summed E-state index contributed by atoms with van der Waals surface area (Å²) in [6.07, 6.45) is 0. The smallest absolute Gasteiger partial charge is 0.241 e. The predicted molar refractivity (Wildman–Crippen MR) is 101 cm³/mol. The maximum absolute atomic E-state index is 12.4. The lowest BCUT2D eigenvalue weighted by Crippen LogP contribution is -2.39. The van der Waals surface area contributed by atoms with E-state index in [1.54, 1.807) is 24.3 Å². The molecule has 130 valence electrons. The number of nitrogens with zero attached hydrogens (tertiary/aromatic N) is 3. The molecule has 5 nitrogen and oxygen atoms in total. The number of amides is 1. The number of benzene rings is 2. The van der Waals surface area contributed by atoms with Gasteiger partial charge >= 0.3 is 0 Å². The van der Waals surface area contributed by atoms with E-state index in [9.17, 15) is 4.79 Å². The Hall–Kier alpha value is -2.84. The lowest BCUT2D eigenvalue weighted by molar-refractivity contribution is -0.120. The van der Waals surface area contributed by atoms with E-state index in [-0.39, 0.29) is 11.9 Å². The third-order valence-electron chi connectivity index (χ3n) is 4.18. The van der Waals surface area contributed by atoms with Crippen molar-refractivity contribution in [3.05, 3.63) is 59.7 Å². The van der Waals surface area contributed by atoms with Crippen LogP contribution in [0.1, 0.15) is 18.1 Å². The molecule has 1 atom stereocenters. The Morgan fingerprint density at radius 2 is 1.84 bits per heavy atom. The van der Waals surface area contributed by atoms with Crippen molar-refractivity contribution in [2.45, 2.75) is 19.5 Å². The predicted octanol–water partition coefficient (Wildman–Crippen LogP) is 3.08. The van der Waals surface area contributed by atoms with Gasteiger partial charge in [-0.1, -0.05) is 18.2 Å². The Balaban J connectivity index is 1.97. The number of carbonyl (C=O) groups excluding carboxylic acids is 1. The van der Waals surface area contributed by atoms with Crippen LogP contribution in [0.5, 0.6) is 0 Å². The molecule has 0 bridgehead atoms. The summed E-state index contributed by atoms with van der Waals surface area (Å²) in [7, 11) is 5.94. The fourth-order valence-electron chi connectivity index (χ4n) is 2.44. The summed E-state index contributed by atoms with van der Waals surface area (Å²) in [6.45, 7) is 2.55. The van der Waals surface area contributed by atoms with Gasteiger partial charge in [-0.25, -0.2) is 0 Å². The standard InChI is InChI=1S/C20H24N4O/c1-15(20(25)22-18-7-5-6-17(12-18)13-21)24(4)14-16-8-10-19(11-9-16)23(2)3/h5-12,15H,14H2,1-4H3,(H,22,25)/t15-/m1/s1. The van der Waals surface area contributed by atoms with E-state index in [0.29, 0.717) is 17.8 Å². The molecule has 0 radical (unpaired) electrons. The molecule has 2 aromatic carbocycles. The van der Waals surface area contributed by atoms with Crippen molar-refractivity contribution in [2.75, 3.05) is 31.4 Å². The fourth-order valence-corrected chi connectivity index (χ4v) is 2.44. The summed E-state index contributed by atoms with van der Waals surface area (Å²) in [5, 5.41) is 11.8. The van der Waals surface area contributed by atoms with Gasteiger partial charge in [0.05, 0.1) is 17.7 Å². The van der Waals surface area contributed by atoms with Gasteiger partial charge in [-0.05, 0) is 49.9 Å². The Morgan fingerprint density at radius 3 is 2.44 bits per heavy atom. The number of nitrogens with one attached hydrogen (secondary N) is 1. The highest BCUT2D eigenvalue weighted by molar-refractivity contribution is 5.94. The molecule has 0 aliphatic rings. The van der Waals surface area contributed by atoms with E-state index < -0.39 is 0 Å². The monoisotopic (exact) mass is 336 g/mol. The Kier molecular flexibility index (Phi) is 6.15. The number of nitriles is 1. The molecule has 2 aromatic rings. The summed E-state index contributed by atoms with van der Waals surface area (Å²) >= 11 is 0. The van der Waals surface area contributed by atoms with Crippen molar-refractivity contribution in [2.24, 2.45) is 0 Å². The van der Waals surface area contributed by atoms with Gasteiger partial charge in [0.15, 0.2) is 0 Å². The molecule has 1 amide bonds. The summed E-state index contributed by atoms with van der Waals surface area (Å²) in [4.78, 5) is 16.5. The maximum Gasteiger partial charge on any atom is 0.241 e. The second kappa shape index (κ2) is 8.32. The van der Waals surface area contributed by atoms with E-state index >= 15 is 0 Å². The van der Waals surface area contributed by atoms with Gasteiger partial charge in [0, 0.05) is 32.0 Å². The zero-order valence-corrected chi connectivity index (χ0v) is 15.2. The SMILES string of the molecule is C[C@H](C(=O)Nc1cccc(C#N)c1)N(C)Cc1ccc(N(C)C)cc1. The van der Waals surface area contributed by atoms with E-state index in [1.165, 1.54) is 0 Å². The van der Waals surface area contributed by atoms with Gasteiger partial charge in [-0.15, -0.1) is 0 Å². The number of anilines is 2. The second-order valence-electron chi connectivity index (χ2n) is 6.33. The molecule has 0 spiro atoms. The Bertz CT molecular complexity index is 762. The molecule has 25 heavy (non-hydrogen) atoms. The van der Waals surface area contributed by atoms with Gasteiger partial charge in [-0.3, -0.25) is 9.69 Å². The largest absolute Gasteiger partial charge is 0.378 e. The molecule has 2 rings (SSSR count). The van der Waals surface area contributed by atoms with Gasteiger partial charge < -0.3 is 10.2 Å². The van der Waals surface area contributed by atoms with Crippen LogP contribution in [-0.2, 0) is 11.3 Å². The summed E-state index contributed by atoms with van der Waals surface area (Å²) in [6, 6.07) is 17.0. The topological polar surface area (TPSA) is 59.4 Å². The molecular formula is C20H24N4O. The van der Waals surface area contributed by atoms with Crippen molar-refractivity contribution < 1.29 is 4.79 Å². The minimum atomic E-state index is -0.292. The van der Waals surface area contributed by atoms with Crippen LogP contribution < -0.4 is 10.2 Å². The molecule has 0 saturated heterocycles. The summed E-state index contributed by atoms with van der Waals surface area (Å²) < 4.78 is 0. The quantitative estimate of drug-likeness (QED) is 0.881. The van der Waals surface area contributed by atoms with Crippen LogP contribution in [0.3, 0.4) is 0 Å². The molecular weight excluding hydrogens is 312 g/mol. The summed E-state index contributed by atoms with van der Waals surface area (Å²) in [5.74, 6) is -0.0949. The van der Waals surface area contributed by atoms with Gasteiger partial charge in [-0.2, -0.15) is 5.26 Å². The number of likely N-dealkylation sites (N-methyl/N-ethyl adjacent to an activating group) is 1. The highest BCUT2D eigenvalue weighted by Gasteiger charge is 2.18. The van der Waals surface area contributed by atoms with Crippen LogP contribution in [-0.4, -0.2) is 38.0 Å². The molecule has 0 saturated carbocycles. The summed E-state index contributed by atoms with van der Waals surface area (Å²) in [5.41, 5.74) is 3.47. The first kappa shape index (κ1) is 18.5. The third-order valence-corrected chi connectivity index (χ3v) is 4.18. The fraction of sp³-hybridized carbons (Fsp3) is 0.300. The van der Waals surface area contributed by atoms with E-state index in [4.69, 9.17) is 5.26 Å². The number of hydrogen-bond acceptors (Lipinski definition) is 4. The zero-order chi connectivity index (χ0) is 18.4. The van der Waals surface area contributed by atoms with Crippen molar-refractivity contribution in [1.82, 2.24) is 4.90 Å². The van der Waals surface area contributed by atoms with Crippen LogP contribution in [0, 0.1) is 11.3 Å². The average Bonchev–Trinajstić information content (AvgIpc) is 2.61. The Morgan fingerprint density at radius 1 is 1.16 bits per heavy atom. The normalized spacial score (nSPS) is 11.7. The second-order valence-corrected chi connectivity index (χ2v) is 6.33. The van der Waals surface area contributed by atoms with Gasteiger partial charge in [0.25, 0.3) is 0 Å². The van der Waals surface area contributed by atoms with Crippen molar-refractivity contribution in [3.63, 3.8) is 0 Å². The highest BCUT2D eigenvalue weighted by atomic mass is 16.2. The first-order valence-corrected chi connectivity index (χ1v) is 8.18. The third kappa shape index (κ3) is 5.07. The minimum Gasteiger partial charge on any atom is -0.378 e.